The first-order chi connectivity index (χ1) is 18.7. The van der Waals surface area contributed by atoms with E-state index in [9.17, 15) is 8.42 Å². The Hall–Kier alpha value is -3.61. The fourth-order valence-electron chi connectivity index (χ4n) is 3.79. The van der Waals surface area contributed by atoms with Gasteiger partial charge in [0.15, 0.2) is 22.5 Å². The number of aryl methyl sites for hydroxylation is 2. The van der Waals surface area contributed by atoms with Gasteiger partial charge in [-0.25, -0.2) is 28.1 Å². The van der Waals surface area contributed by atoms with Gasteiger partial charge in [-0.15, -0.1) is 0 Å². The first-order valence-electron chi connectivity index (χ1n) is 12.5. The summed E-state index contributed by atoms with van der Waals surface area (Å²) in [5, 5.41) is 3.75. The first-order valence-corrected chi connectivity index (χ1v) is 15.2. The maximum Gasteiger partial charge on any atom is 0.240 e. The Morgan fingerprint density at radius 2 is 1.74 bits per heavy atom. The quantitative estimate of drug-likeness (QED) is 0.0894. The second kappa shape index (κ2) is 13.0. The van der Waals surface area contributed by atoms with Crippen molar-refractivity contribution in [2.24, 2.45) is 0 Å². The lowest BCUT2D eigenvalue weighted by Gasteiger charge is -2.12. The zero-order chi connectivity index (χ0) is 27.8. The molecule has 2 aromatic heterocycles. The summed E-state index contributed by atoms with van der Waals surface area (Å²) >= 11 is 1.44. The molecule has 0 saturated heterocycles. The van der Waals surface area contributed by atoms with Gasteiger partial charge in [0.25, 0.3) is 0 Å². The van der Waals surface area contributed by atoms with Crippen LogP contribution in [0.1, 0.15) is 29.5 Å². The monoisotopic (exact) mass is 567 g/mol. The average molecular weight is 568 g/mol. The van der Waals surface area contributed by atoms with Crippen LogP contribution in [0.15, 0.2) is 77.4 Å². The van der Waals surface area contributed by atoms with Gasteiger partial charge in [0, 0.05) is 19.6 Å². The van der Waals surface area contributed by atoms with E-state index in [1.807, 2.05) is 42.0 Å². The fourth-order valence-corrected chi connectivity index (χ4v) is 5.17. The predicted octanol–water partition coefficient (Wildman–Crippen LogP) is 3.98. The number of sulfonamides is 1. The van der Waals surface area contributed by atoms with Crippen molar-refractivity contribution in [3.63, 3.8) is 0 Å². The van der Waals surface area contributed by atoms with Gasteiger partial charge in [0.05, 0.1) is 17.8 Å². The highest BCUT2D eigenvalue weighted by Gasteiger charge is 2.14. The van der Waals surface area contributed by atoms with Crippen molar-refractivity contribution in [3.8, 4) is 0 Å². The molecule has 206 valence electrons. The van der Waals surface area contributed by atoms with E-state index in [1.165, 1.54) is 11.8 Å². The number of nitrogen functional groups attached to an aromatic ring is 1. The van der Waals surface area contributed by atoms with Crippen LogP contribution < -0.4 is 15.8 Å². The molecular formula is C27H33N7O3S2. The molecule has 10 nitrogen and oxygen atoms in total. The van der Waals surface area contributed by atoms with Gasteiger partial charge in [-0.1, -0.05) is 53.7 Å². The Kier molecular flexibility index (Phi) is 9.44. The van der Waals surface area contributed by atoms with Crippen molar-refractivity contribution in [2.45, 2.75) is 49.5 Å². The van der Waals surface area contributed by atoms with E-state index < -0.39 is 10.0 Å². The lowest BCUT2D eigenvalue weighted by Crippen LogP contribution is -2.23. The van der Waals surface area contributed by atoms with Crippen LogP contribution in [0.3, 0.4) is 0 Å². The molecule has 0 amide bonds. The summed E-state index contributed by atoms with van der Waals surface area (Å²) in [6.45, 7) is 7.86. The number of thioether (sulfide) groups is 1. The smallest absolute Gasteiger partial charge is 0.240 e. The van der Waals surface area contributed by atoms with Crippen molar-refractivity contribution in [1.29, 1.82) is 0 Å². The number of nitrogens with one attached hydrogen (secondary N) is 2. The van der Waals surface area contributed by atoms with E-state index in [0.29, 0.717) is 35.5 Å². The molecule has 12 heteroatoms. The van der Waals surface area contributed by atoms with Crippen LogP contribution in [0.2, 0.25) is 0 Å². The van der Waals surface area contributed by atoms with Crippen molar-refractivity contribution in [3.05, 3.63) is 84.0 Å². The number of rotatable bonds is 14. The molecule has 4 N–H and O–H groups in total. The van der Waals surface area contributed by atoms with Crippen LogP contribution in [0.5, 0.6) is 0 Å². The van der Waals surface area contributed by atoms with Crippen LogP contribution in [0.4, 0.5) is 5.82 Å². The van der Waals surface area contributed by atoms with Crippen LogP contribution in [0.25, 0.3) is 11.2 Å². The predicted molar refractivity (Wildman–Crippen MR) is 154 cm³/mol. The molecule has 0 bridgehead atoms. The van der Waals surface area contributed by atoms with Crippen LogP contribution >= 0.6 is 11.8 Å². The molecule has 0 aliphatic carbocycles. The average Bonchev–Trinajstić information content (AvgIpc) is 3.35. The number of aromatic nitrogens is 4. The van der Waals surface area contributed by atoms with Crippen molar-refractivity contribution < 1.29 is 13.2 Å². The van der Waals surface area contributed by atoms with Crippen molar-refractivity contribution in [2.75, 3.05) is 18.6 Å². The molecule has 0 radical (unpaired) electrons. The molecule has 0 fully saturated rings. The van der Waals surface area contributed by atoms with Gasteiger partial charge in [-0.05, 0) is 55.9 Å². The maximum atomic E-state index is 12.6. The molecule has 0 aliphatic heterocycles. The number of nitrogens with two attached hydrogens (primary N) is 1. The Labute approximate surface area is 233 Å². The van der Waals surface area contributed by atoms with E-state index in [-0.39, 0.29) is 11.4 Å². The number of benzene rings is 2. The molecule has 0 unspecified atom stereocenters. The Morgan fingerprint density at radius 1 is 1.05 bits per heavy atom. The van der Waals surface area contributed by atoms with Gasteiger partial charge in [-0.3, -0.25) is 0 Å². The summed E-state index contributed by atoms with van der Waals surface area (Å²) < 4.78 is 35.6. The van der Waals surface area contributed by atoms with Crippen molar-refractivity contribution >= 4 is 38.8 Å². The number of unbranched alkanes of at least 4 members (excludes halogenated alkanes) is 1. The number of anilines is 1. The summed E-state index contributed by atoms with van der Waals surface area (Å²) in [4.78, 5) is 13.3. The molecule has 2 aromatic carbocycles. The van der Waals surface area contributed by atoms with E-state index in [4.69, 9.17) is 10.5 Å². The number of imidazole rings is 1. The summed E-state index contributed by atoms with van der Waals surface area (Å²) in [6.07, 6.45) is 5.33. The highest BCUT2D eigenvalue weighted by Crippen LogP contribution is 2.20. The van der Waals surface area contributed by atoms with Gasteiger partial charge < -0.3 is 20.4 Å². The van der Waals surface area contributed by atoms with E-state index in [1.54, 1.807) is 30.6 Å². The molecule has 0 aliphatic rings. The normalized spacial score (nSPS) is 11.5. The number of nitrogens with zero attached hydrogens (tertiary/aromatic N) is 4. The third-order valence-corrected chi connectivity index (χ3v) is 8.00. The molecule has 39 heavy (non-hydrogen) atoms. The molecule has 4 aromatic rings. The van der Waals surface area contributed by atoms with Gasteiger partial charge in [0.1, 0.15) is 5.52 Å². The van der Waals surface area contributed by atoms with Gasteiger partial charge >= 0.3 is 0 Å². The van der Waals surface area contributed by atoms with E-state index in [0.717, 1.165) is 41.7 Å². The summed E-state index contributed by atoms with van der Waals surface area (Å²) in [5.41, 5.74) is 10.3. The lowest BCUT2D eigenvalue weighted by atomic mass is 10.2. The summed E-state index contributed by atoms with van der Waals surface area (Å²) in [6, 6.07) is 14.5. The minimum Gasteiger partial charge on any atom is -0.480 e. The highest BCUT2D eigenvalue weighted by molar-refractivity contribution is 7.98. The van der Waals surface area contributed by atoms with Crippen LogP contribution in [0, 0.1) is 6.92 Å². The third kappa shape index (κ3) is 7.71. The number of hydrogen-bond donors (Lipinski definition) is 3. The minimum atomic E-state index is -3.60. The molecule has 0 saturated carbocycles. The highest BCUT2D eigenvalue weighted by atomic mass is 32.2. The Morgan fingerprint density at radius 3 is 2.46 bits per heavy atom. The number of hydrogen-bond acceptors (Lipinski definition) is 9. The zero-order valence-corrected chi connectivity index (χ0v) is 23.7. The van der Waals surface area contributed by atoms with Gasteiger partial charge in [-0.2, -0.15) is 0 Å². The van der Waals surface area contributed by atoms with Gasteiger partial charge in [0.2, 0.25) is 10.0 Å². The van der Waals surface area contributed by atoms with E-state index >= 15 is 0 Å². The topological polar surface area (TPSA) is 137 Å². The largest absolute Gasteiger partial charge is 0.480 e. The summed E-state index contributed by atoms with van der Waals surface area (Å²) in [5.74, 6) is 0.851. The van der Waals surface area contributed by atoms with Crippen LogP contribution in [-0.4, -0.2) is 40.8 Å². The SMILES string of the molecule is C=C(NCc1ccc(S(=O)(=O)NCc2ccc(C)cc2)cc1)OCCCCn1cnc2c(N)nc(SC)nc21. The van der Waals surface area contributed by atoms with E-state index in [2.05, 4.69) is 31.6 Å². The maximum absolute atomic E-state index is 12.6. The Bertz CT molecular complexity index is 1520. The molecule has 0 atom stereocenters. The molecule has 2 heterocycles. The zero-order valence-electron chi connectivity index (χ0n) is 22.1. The standard InChI is InChI=1S/C27H33N7O3S2/c1-19-6-8-22(9-7-19)17-31-39(35,36)23-12-10-21(11-13-23)16-29-20(2)37-15-5-4-14-34-18-30-24-25(28)32-27(38-3)33-26(24)34/h6-13,18,29,31H,2,4-5,14-17H2,1,3H3,(H2,28,32,33). The first kappa shape index (κ1) is 28.4. The number of ether oxygens (including phenoxy) is 1. The van der Waals surface area contributed by atoms with Crippen molar-refractivity contribution in [1.82, 2.24) is 29.6 Å². The second-order valence-electron chi connectivity index (χ2n) is 8.99. The minimum absolute atomic E-state index is 0.220. The Balaban J connectivity index is 1.17. The molecule has 0 spiro atoms. The van der Waals surface area contributed by atoms with Crippen LogP contribution in [-0.2, 0) is 34.4 Å². The number of fused-ring (bicyclic) bond motifs is 1. The fraction of sp³-hybridized carbons (Fsp3) is 0.296. The summed E-state index contributed by atoms with van der Waals surface area (Å²) in [7, 11) is -3.60. The second-order valence-corrected chi connectivity index (χ2v) is 11.5. The third-order valence-electron chi connectivity index (χ3n) is 6.03. The molecular weight excluding hydrogens is 534 g/mol. The lowest BCUT2D eigenvalue weighted by molar-refractivity contribution is 0.185. The molecule has 4 rings (SSSR count).